The fourth-order valence-corrected chi connectivity index (χ4v) is 1.52. The monoisotopic (exact) mass is 224 g/mol. The Morgan fingerprint density at radius 2 is 2.25 bits per heavy atom. The number of rotatable bonds is 5. The molecule has 1 unspecified atom stereocenters. The fraction of sp³-hybridized carbons (Fsp3) is 0.417. The largest absolute Gasteiger partial charge is 0.368 e. The van der Waals surface area contributed by atoms with Crippen molar-refractivity contribution in [2.75, 3.05) is 6.54 Å². The topological polar surface area (TPSA) is 55.1 Å². The smallest absolute Gasteiger partial charge is 0.239 e. The molecule has 3 N–H and O–H groups in total. The van der Waals surface area contributed by atoms with Gasteiger partial charge in [0.25, 0.3) is 0 Å². The summed E-state index contributed by atoms with van der Waals surface area (Å²) in [7, 11) is 0. The van der Waals surface area contributed by atoms with E-state index in [-0.39, 0.29) is 5.82 Å². The van der Waals surface area contributed by atoms with Crippen molar-refractivity contribution in [2.24, 2.45) is 5.73 Å². The molecule has 0 radical (unpaired) electrons. The average Bonchev–Trinajstić information content (AvgIpc) is 2.23. The number of nitrogens with two attached hydrogens (primary N) is 1. The summed E-state index contributed by atoms with van der Waals surface area (Å²) >= 11 is 0. The molecule has 0 aliphatic rings. The van der Waals surface area contributed by atoms with Crippen LogP contribution in [0.15, 0.2) is 18.2 Å². The van der Waals surface area contributed by atoms with Crippen LogP contribution in [0, 0.1) is 12.7 Å². The third-order valence-electron chi connectivity index (χ3n) is 2.40. The van der Waals surface area contributed by atoms with Gasteiger partial charge in [-0.15, -0.1) is 0 Å². The van der Waals surface area contributed by atoms with Crippen molar-refractivity contribution in [1.29, 1.82) is 0 Å². The quantitative estimate of drug-likeness (QED) is 0.799. The molecule has 4 heteroatoms. The number of hydrogen-bond donors (Lipinski definition) is 2. The molecule has 1 aromatic carbocycles. The van der Waals surface area contributed by atoms with Crippen LogP contribution in [0.5, 0.6) is 0 Å². The van der Waals surface area contributed by atoms with Gasteiger partial charge in [-0.3, -0.25) is 4.79 Å². The molecule has 0 bridgehead atoms. The number of primary amides is 1. The Bertz CT molecular complexity index is 379. The minimum atomic E-state index is -0.542. The molecule has 0 spiro atoms. The second-order valence-corrected chi connectivity index (χ2v) is 3.80. The van der Waals surface area contributed by atoms with Crippen LogP contribution in [-0.4, -0.2) is 12.5 Å². The highest BCUT2D eigenvalue weighted by Gasteiger charge is 2.17. The summed E-state index contributed by atoms with van der Waals surface area (Å²) in [4.78, 5) is 11.3. The first-order valence-corrected chi connectivity index (χ1v) is 5.35. The summed E-state index contributed by atoms with van der Waals surface area (Å²) in [6.07, 6.45) is 0.907. The Morgan fingerprint density at radius 3 is 2.75 bits per heavy atom. The number of halogens is 1. The number of aryl methyl sites for hydroxylation is 1. The first-order chi connectivity index (χ1) is 7.56. The van der Waals surface area contributed by atoms with Gasteiger partial charge in [-0.05, 0) is 37.1 Å². The van der Waals surface area contributed by atoms with E-state index in [0.717, 1.165) is 6.42 Å². The second kappa shape index (κ2) is 5.61. The Labute approximate surface area is 94.8 Å². The van der Waals surface area contributed by atoms with Crippen molar-refractivity contribution in [3.8, 4) is 0 Å². The van der Waals surface area contributed by atoms with E-state index < -0.39 is 11.9 Å². The molecule has 0 aliphatic carbocycles. The molecular formula is C12H17FN2O. The van der Waals surface area contributed by atoms with Gasteiger partial charge < -0.3 is 11.1 Å². The van der Waals surface area contributed by atoms with Crippen molar-refractivity contribution in [1.82, 2.24) is 5.32 Å². The summed E-state index contributed by atoms with van der Waals surface area (Å²) in [5, 5.41) is 3.03. The normalized spacial score (nSPS) is 12.4. The minimum absolute atomic E-state index is 0.275. The zero-order valence-corrected chi connectivity index (χ0v) is 9.59. The van der Waals surface area contributed by atoms with Crippen LogP contribution in [0.1, 0.15) is 30.5 Å². The first kappa shape index (κ1) is 12.6. The molecular weight excluding hydrogens is 207 g/mol. The van der Waals surface area contributed by atoms with E-state index in [9.17, 15) is 9.18 Å². The maximum absolute atomic E-state index is 13.1. The van der Waals surface area contributed by atoms with E-state index in [1.54, 1.807) is 19.1 Å². The van der Waals surface area contributed by atoms with Crippen LogP contribution >= 0.6 is 0 Å². The highest BCUT2D eigenvalue weighted by atomic mass is 19.1. The minimum Gasteiger partial charge on any atom is -0.368 e. The van der Waals surface area contributed by atoms with Crippen LogP contribution in [0.3, 0.4) is 0 Å². The van der Waals surface area contributed by atoms with Crippen LogP contribution in [-0.2, 0) is 4.79 Å². The summed E-state index contributed by atoms with van der Waals surface area (Å²) in [6.45, 7) is 4.36. The fourth-order valence-electron chi connectivity index (χ4n) is 1.52. The highest BCUT2D eigenvalue weighted by Crippen LogP contribution is 2.16. The predicted molar refractivity (Wildman–Crippen MR) is 61.4 cm³/mol. The summed E-state index contributed by atoms with van der Waals surface area (Å²) in [5.41, 5.74) is 6.53. The lowest BCUT2D eigenvalue weighted by atomic mass is 10.0. The van der Waals surface area contributed by atoms with Crippen LogP contribution in [0.25, 0.3) is 0 Å². The van der Waals surface area contributed by atoms with E-state index in [2.05, 4.69) is 5.32 Å². The molecule has 0 aliphatic heterocycles. The molecule has 1 rings (SSSR count). The molecule has 3 nitrogen and oxygen atoms in total. The molecule has 0 fully saturated rings. The van der Waals surface area contributed by atoms with Gasteiger partial charge in [0.2, 0.25) is 5.91 Å². The standard InChI is InChI=1S/C12H17FN2O/c1-3-6-15-11(12(14)16)9-4-5-10(13)8(2)7-9/h4-5,7,11,15H,3,6H2,1-2H3,(H2,14,16). The van der Waals surface area contributed by atoms with E-state index >= 15 is 0 Å². The molecule has 1 amide bonds. The van der Waals surface area contributed by atoms with Crippen molar-refractivity contribution in [2.45, 2.75) is 26.3 Å². The Morgan fingerprint density at radius 1 is 1.56 bits per heavy atom. The summed E-state index contributed by atoms with van der Waals surface area (Å²) in [5.74, 6) is -0.720. The van der Waals surface area contributed by atoms with E-state index in [1.165, 1.54) is 6.07 Å². The van der Waals surface area contributed by atoms with E-state index in [1.807, 2.05) is 6.92 Å². The molecule has 88 valence electrons. The average molecular weight is 224 g/mol. The zero-order chi connectivity index (χ0) is 12.1. The maximum atomic E-state index is 13.1. The molecule has 0 aromatic heterocycles. The lowest BCUT2D eigenvalue weighted by Gasteiger charge is -2.15. The van der Waals surface area contributed by atoms with Crippen LogP contribution in [0.2, 0.25) is 0 Å². The number of nitrogens with one attached hydrogen (secondary N) is 1. The van der Waals surface area contributed by atoms with Crippen LogP contribution < -0.4 is 11.1 Å². The zero-order valence-electron chi connectivity index (χ0n) is 9.59. The van der Waals surface area contributed by atoms with Gasteiger partial charge in [-0.25, -0.2) is 4.39 Å². The number of carbonyl (C=O) groups excluding carboxylic acids is 1. The highest BCUT2D eigenvalue weighted by molar-refractivity contribution is 5.81. The lowest BCUT2D eigenvalue weighted by Crippen LogP contribution is -2.34. The maximum Gasteiger partial charge on any atom is 0.239 e. The van der Waals surface area contributed by atoms with Gasteiger partial charge in [0, 0.05) is 0 Å². The van der Waals surface area contributed by atoms with Gasteiger partial charge in [-0.2, -0.15) is 0 Å². The van der Waals surface area contributed by atoms with Gasteiger partial charge in [-0.1, -0.05) is 19.1 Å². The Hall–Kier alpha value is -1.42. The van der Waals surface area contributed by atoms with Gasteiger partial charge >= 0.3 is 0 Å². The second-order valence-electron chi connectivity index (χ2n) is 3.80. The van der Waals surface area contributed by atoms with Gasteiger partial charge in [0.1, 0.15) is 11.9 Å². The molecule has 0 saturated carbocycles. The SMILES string of the molecule is CCCNC(C(N)=O)c1ccc(F)c(C)c1. The first-order valence-electron chi connectivity index (χ1n) is 5.35. The number of amides is 1. The van der Waals surface area contributed by atoms with Gasteiger partial charge in [0.15, 0.2) is 0 Å². The summed E-state index contributed by atoms with van der Waals surface area (Å²) in [6, 6.07) is 4.04. The van der Waals surface area contributed by atoms with Crippen molar-refractivity contribution >= 4 is 5.91 Å². The van der Waals surface area contributed by atoms with Crippen molar-refractivity contribution < 1.29 is 9.18 Å². The van der Waals surface area contributed by atoms with Crippen LogP contribution in [0.4, 0.5) is 4.39 Å². The number of benzene rings is 1. The number of hydrogen-bond acceptors (Lipinski definition) is 2. The Kier molecular flexibility index (Phi) is 4.43. The van der Waals surface area contributed by atoms with Gasteiger partial charge in [0.05, 0.1) is 0 Å². The molecule has 0 heterocycles. The molecule has 0 saturated heterocycles. The molecule has 16 heavy (non-hydrogen) atoms. The van der Waals surface area contributed by atoms with Crippen molar-refractivity contribution in [3.05, 3.63) is 35.1 Å². The van der Waals surface area contributed by atoms with E-state index in [0.29, 0.717) is 17.7 Å². The molecule has 1 aromatic rings. The summed E-state index contributed by atoms with van der Waals surface area (Å²) < 4.78 is 13.1. The van der Waals surface area contributed by atoms with E-state index in [4.69, 9.17) is 5.73 Å². The third kappa shape index (κ3) is 3.03. The van der Waals surface area contributed by atoms with Crippen molar-refractivity contribution in [3.63, 3.8) is 0 Å². The Balaban J connectivity index is 2.92. The predicted octanol–water partition coefficient (Wildman–Crippen LogP) is 1.66. The lowest BCUT2D eigenvalue weighted by molar-refractivity contribution is -0.120. The molecule has 1 atom stereocenters. The number of carbonyl (C=O) groups is 1. The third-order valence-corrected chi connectivity index (χ3v) is 2.40.